The molecule has 0 fully saturated rings. The summed E-state index contributed by atoms with van der Waals surface area (Å²) in [6.45, 7) is 1.09. The molecule has 3 rings (SSSR count). The molecule has 134 valence electrons. The van der Waals surface area contributed by atoms with Crippen LogP contribution in [0.1, 0.15) is 21.5 Å². The summed E-state index contributed by atoms with van der Waals surface area (Å²) in [6.07, 6.45) is 3.67. The van der Waals surface area contributed by atoms with Crippen molar-refractivity contribution in [3.8, 4) is 11.5 Å². The van der Waals surface area contributed by atoms with E-state index in [-0.39, 0.29) is 5.91 Å². The lowest BCUT2D eigenvalue weighted by Gasteiger charge is -2.12. The van der Waals surface area contributed by atoms with Crippen molar-refractivity contribution in [2.75, 3.05) is 14.2 Å². The largest absolute Gasteiger partial charge is 0.497 e. The normalized spacial score (nSPS) is 10.4. The second kappa shape index (κ2) is 8.20. The van der Waals surface area contributed by atoms with E-state index >= 15 is 0 Å². The lowest BCUT2D eigenvalue weighted by molar-refractivity contribution is 0.0950. The van der Waals surface area contributed by atoms with E-state index in [9.17, 15) is 4.79 Å². The Labute approximate surface area is 152 Å². The molecule has 0 unspecified atom stereocenters. The Morgan fingerprint density at radius 2 is 1.73 bits per heavy atom. The lowest BCUT2D eigenvalue weighted by Crippen LogP contribution is -2.23. The van der Waals surface area contributed by atoms with Crippen LogP contribution in [0, 0.1) is 0 Å². The van der Waals surface area contributed by atoms with Crippen LogP contribution in [-0.4, -0.2) is 29.9 Å². The summed E-state index contributed by atoms with van der Waals surface area (Å²) in [5.41, 5.74) is 2.65. The number of hydrogen-bond donors (Lipinski definition) is 1. The molecule has 1 heterocycles. The highest BCUT2D eigenvalue weighted by Crippen LogP contribution is 2.22. The Kier molecular flexibility index (Phi) is 5.53. The molecular weight excluding hydrogens is 330 g/mol. The van der Waals surface area contributed by atoms with E-state index in [1.54, 1.807) is 38.6 Å². The first-order valence-electron chi connectivity index (χ1n) is 8.25. The van der Waals surface area contributed by atoms with Gasteiger partial charge in [0.1, 0.15) is 11.5 Å². The highest BCUT2D eigenvalue weighted by Gasteiger charge is 2.11. The van der Waals surface area contributed by atoms with Gasteiger partial charge in [0.2, 0.25) is 0 Å². The minimum atomic E-state index is -0.184. The van der Waals surface area contributed by atoms with E-state index in [1.165, 1.54) is 0 Å². The third kappa shape index (κ3) is 4.22. The summed E-state index contributed by atoms with van der Waals surface area (Å²) >= 11 is 0. The molecule has 3 aromatic rings. The van der Waals surface area contributed by atoms with Gasteiger partial charge in [-0.2, -0.15) is 5.10 Å². The van der Waals surface area contributed by atoms with Crippen LogP contribution in [0.2, 0.25) is 0 Å². The standard InChI is InChI=1S/C20H21N3O3/c1-25-18-10-17(11-19(12-18)26-2)20(24)21-13-15-6-3-4-7-16(15)14-23-9-5-8-22-23/h3-12H,13-14H2,1-2H3,(H,21,24). The van der Waals surface area contributed by atoms with Crippen LogP contribution in [0.4, 0.5) is 0 Å². The smallest absolute Gasteiger partial charge is 0.251 e. The molecule has 0 aliphatic heterocycles. The first kappa shape index (κ1) is 17.5. The Balaban J connectivity index is 1.72. The quantitative estimate of drug-likeness (QED) is 0.711. The van der Waals surface area contributed by atoms with Gasteiger partial charge in [0.15, 0.2) is 0 Å². The summed E-state index contributed by atoms with van der Waals surface area (Å²) in [7, 11) is 3.12. The van der Waals surface area contributed by atoms with Gasteiger partial charge in [-0.25, -0.2) is 0 Å². The molecule has 1 aromatic heterocycles. The Morgan fingerprint density at radius 3 is 2.35 bits per heavy atom. The molecule has 2 aromatic carbocycles. The van der Waals surface area contributed by atoms with Gasteiger partial charge in [-0.15, -0.1) is 0 Å². The number of carbonyl (C=O) groups excluding carboxylic acids is 1. The summed E-state index contributed by atoms with van der Waals surface area (Å²) in [5, 5.41) is 7.19. The molecule has 6 heteroatoms. The molecule has 26 heavy (non-hydrogen) atoms. The predicted octanol–water partition coefficient (Wildman–Crippen LogP) is 2.88. The van der Waals surface area contributed by atoms with Gasteiger partial charge >= 0.3 is 0 Å². The monoisotopic (exact) mass is 351 g/mol. The van der Waals surface area contributed by atoms with E-state index in [0.717, 1.165) is 11.1 Å². The second-order valence-electron chi connectivity index (χ2n) is 5.76. The van der Waals surface area contributed by atoms with Gasteiger partial charge in [0, 0.05) is 30.6 Å². The zero-order valence-corrected chi connectivity index (χ0v) is 14.8. The van der Waals surface area contributed by atoms with Crippen LogP contribution >= 0.6 is 0 Å². The molecule has 0 atom stereocenters. The van der Waals surface area contributed by atoms with Crippen molar-refractivity contribution in [1.29, 1.82) is 0 Å². The fourth-order valence-electron chi connectivity index (χ4n) is 2.67. The number of nitrogens with zero attached hydrogens (tertiary/aromatic N) is 2. The molecular formula is C20H21N3O3. The maximum absolute atomic E-state index is 12.5. The number of aromatic nitrogens is 2. The Hall–Kier alpha value is -3.28. The Bertz CT molecular complexity index is 854. The summed E-state index contributed by atoms with van der Waals surface area (Å²) < 4.78 is 12.3. The van der Waals surface area contributed by atoms with Crippen LogP contribution < -0.4 is 14.8 Å². The van der Waals surface area contributed by atoms with Crippen molar-refractivity contribution in [1.82, 2.24) is 15.1 Å². The number of carbonyl (C=O) groups is 1. The number of nitrogens with one attached hydrogen (secondary N) is 1. The first-order chi connectivity index (χ1) is 12.7. The van der Waals surface area contributed by atoms with E-state index < -0.39 is 0 Å². The number of rotatable bonds is 7. The third-order valence-corrected chi connectivity index (χ3v) is 4.06. The van der Waals surface area contributed by atoms with E-state index in [2.05, 4.69) is 10.4 Å². The molecule has 0 radical (unpaired) electrons. The van der Waals surface area contributed by atoms with Gasteiger partial charge in [-0.1, -0.05) is 24.3 Å². The highest BCUT2D eigenvalue weighted by molar-refractivity contribution is 5.95. The second-order valence-corrected chi connectivity index (χ2v) is 5.76. The summed E-state index contributed by atoms with van der Waals surface area (Å²) in [4.78, 5) is 12.5. The summed E-state index contributed by atoms with van der Waals surface area (Å²) in [5.74, 6) is 0.971. The van der Waals surface area contributed by atoms with E-state index in [4.69, 9.17) is 9.47 Å². The predicted molar refractivity (Wildman–Crippen MR) is 98.5 cm³/mol. The van der Waals surface area contributed by atoms with Crippen LogP contribution in [-0.2, 0) is 13.1 Å². The van der Waals surface area contributed by atoms with Crippen LogP contribution in [0.15, 0.2) is 60.9 Å². The van der Waals surface area contributed by atoms with Gasteiger partial charge in [0.25, 0.3) is 5.91 Å². The van der Waals surface area contributed by atoms with Gasteiger partial charge in [-0.05, 0) is 29.3 Å². The van der Waals surface area contributed by atoms with Crippen molar-refractivity contribution < 1.29 is 14.3 Å². The topological polar surface area (TPSA) is 65.4 Å². The molecule has 0 bridgehead atoms. The number of ether oxygens (including phenoxy) is 2. The SMILES string of the molecule is COc1cc(OC)cc(C(=O)NCc2ccccc2Cn2cccn2)c1. The molecule has 1 N–H and O–H groups in total. The molecule has 0 aliphatic carbocycles. The number of benzene rings is 2. The van der Waals surface area contributed by atoms with Crippen molar-refractivity contribution in [3.63, 3.8) is 0 Å². The van der Waals surface area contributed by atoms with Gasteiger partial charge in [-0.3, -0.25) is 9.48 Å². The van der Waals surface area contributed by atoms with Crippen LogP contribution in [0.5, 0.6) is 11.5 Å². The zero-order chi connectivity index (χ0) is 18.4. The zero-order valence-electron chi connectivity index (χ0n) is 14.8. The lowest BCUT2D eigenvalue weighted by atomic mass is 10.1. The van der Waals surface area contributed by atoms with E-state index in [0.29, 0.717) is 30.2 Å². The minimum Gasteiger partial charge on any atom is -0.497 e. The van der Waals surface area contributed by atoms with Crippen molar-refractivity contribution in [2.24, 2.45) is 0 Å². The van der Waals surface area contributed by atoms with Crippen molar-refractivity contribution in [2.45, 2.75) is 13.1 Å². The molecule has 0 aliphatic rings. The molecule has 0 saturated carbocycles. The molecule has 1 amide bonds. The van der Waals surface area contributed by atoms with Crippen molar-refractivity contribution in [3.05, 3.63) is 77.6 Å². The number of amides is 1. The fourth-order valence-corrected chi connectivity index (χ4v) is 2.67. The maximum atomic E-state index is 12.5. The average Bonchev–Trinajstić information content (AvgIpc) is 3.19. The highest BCUT2D eigenvalue weighted by atomic mass is 16.5. The molecule has 0 saturated heterocycles. The number of methoxy groups -OCH3 is 2. The third-order valence-electron chi connectivity index (χ3n) is 4.06. The maximum Gasteiger partial charge on any atom is 0.251 e. The van der Waals surface area contributed by atoms with E-state index in [1.807, 2.05) is 41.2 Å². The van der Waals surface area contributed by atoms with Crippen LogP contribution in [0.25, 0.3) is 0 Å². The first-order valence-corrected chi connectivity index (χ1v) is 8.25. The molecule has 6 nitrogen and oxygen atoms in total. The van der Waals surface area contributed by atoms with Gasteiger partial charge < -0.3 is 14.8 Å². The molecule has 0 spiro atoms. The fraction of sp³-hybridized carbons (Fsp3) is 0.200. The average molecular weight is 351 g/mol. The Morgan fingerprint density at radius 1 is 1.04 bits per heavy atom. The van der Waals surface area contributed by atoms with Crippen molar-refractivity contribution >= 4 is 5.91 Å². The summed E-state index contributed by atoms with van der Waals surface area (Å²) in [6, 6.07) is 15.0. The van der Waals surface area contributed by atoms with Gasteiger partial charge in [0.05, 0.1) is 20.8 Å². The van der Waals surface area contributed by atoms with Crippen LogP contribution in [0.3, 0.4) is 0 Å². The number of hydrogen-bond acceptors (Lipinski definition) is 4. The minimum absolute atomic E-state index is 0.184.